The van der Waals surface area contributed by atoms with E-state index in [4.69, 9.17) is 4.52 Å². The quantitative estimate of drug-likeness (QED) is 0.751. The summed E-state index contributed by atoms with van der Waals surface area (Å²) in [7, 11) is 0. The van der Waals surface area contributed by atoms with Crippen molar-refractivity contribution in [3.8, 4) is 0 Å². The molecule has 2 aromatic rings. The average Bonchev–Trinajstić information content (AvgIpc) is 3.00. The van der Waals surface area contributed by atoms with Gasteiger partial charge in [-0.3, -0.25) is 0 Å². The number of hydrogen-bond donors (Lipinski definition) is 1. The second kappa shape index (κ2) is 6.30. The lowest BCUT2D eigenvalue weighted by Crippen LogP contribution is -2.18. The van der Waals surface area contributed by atoms with Gasteiger partial charge in [-0.05, 0) is 13.0 Å². The Bertz CT molecular complexity index is 476. The molecule has 0 unspecified atom stereocenters. The van der Waals surface area contributed by atoms with Crippen LogP contribution in [0, 0.1) is 0 Å². The molecule has 2 rings (SSSR count). The molecule has 6 nitrogen and oxygen atoms in total. The molecule has 98 valence electrons. The highest BCUT2D eigenvalue weighted by Crippen LogP contribution is 2.04. The van der Waals surface area contributed by atoms with Gasteiger partial charge in [0.25, 0.3) is 0 Å². The average molecular weight is 249 g/mol. The molecular formula is C12H19N5O. The third kappa shape index (κ3) is 3.16. The second-order valence-electron chi connectivity index (χ2n) is 4.11. The fourth-order valence-corrected chi connectivity index (χ4v) is 1.67. The topological polar surface area (TPSA) is 68.8 Å². The van der Waals surface area contributed by atoms with Gasteiger partial charge >= 0.3 is 0 Å². The van der Waals surface area contributed by atoms with Crippen molar-refractivity contribution in [2.24, 2.45) is 0 Å². The summed E-state index contributed by atoms with van der Waals surface area (Å²) in [4.78, 5) is 8.62. The molecule has 0 radical (unpaired) electrons. The predicted octanol–water partition coefficient (Wildman–Crippen LogP) is 1.38. The Morgan fingerprint density at radius 1 is 1.39 bits per heavy atom. The largest absolute Gasteiger partial charge is 0.337 e. The van der Waals surface area contributed by atoms with Gasteiger partial charge in [-0.15, -0.1) is 0 Å². The zero-order valence-electron chi connectivity index (χ0n) is 10.9. The van der Waals surface area contributed by atoms with E-state index in [0.29, 0.717) is 12.4 Å². The third-order valence-electron chi connectivity index (χ3n) is 2.64. The fourth-order valence-electron chi connectivity index (χ4n) is 1.67. The van der Waals surface area contributed by atoms with Crippen LogP contribution in [0.2, 0.25) is 0 Å². The summed E-state index contributed by atoms with van der Waals surface area (Å²) in [5.74, 6) is 2.36. The highest BCUT2D eigenvalue weighted by molar-refractivity contribution is 4.96. The van der Waals surface area contributed by atoms with Crippen LogP contribution < -0.4 is 5.32 Å². The minimum atomic E-state index is 0.580. The Labute approximate surface area is 106 Å². The summed E-state index contributed by atoms with van der Waals surface area (Å²) in [6.07, 6.45) is 5.63. The van der Waals surface area contributed by atoms with Crippen LogP contribution in [0.4, 0.5) is 0 Å². The van der Waals surface area contributed by atoms with Crippen molar-refractivity contribution in [1.29, 1.82) is 0 Å². The Morgan fingerprint density at radius 2 is 2.28 bits per heavy atom. The molecule has 0 aliphatic carbocycles. The maximum absolute atomic E-state index is 5.18. The van der Waals surface area contributed by atoms with Gasteiger partial charge in [0.05, 0.1) is 6.54 Å². The second-order valence-corrected chi connectivity index (χ2v) is 4.11. The molecule has 0 saturated carbocycles. The zero-order chi connectivity index (χ0) is 12.8. The lowest BCUT2D eigenvalue weighted by Gasteiger charge is -2.05. The first kappa shape index (κ1) is 12.8. The number of aryl methyl sites for hydroxylation is 1. The van der Waals surface area contributed by atoms with Crippen molar-refractivity contribution in [2.45, 2.75) is 39.8 Å². The molecule has 0 aromatic carbocycles. The van der Waals surface area contributed by atoms with Crippen LogP contribution in [0.3, 0.4) is 0 Å². The first-order valence-electron chi connectivity index (χ1n) is 6.35. The molecule has 0 amide bonds. The molecule has 0 bridgehead atoms. The predicted molar refractivity (Wildman–Crippen MR) is 67.0 cm³/mol. The molecule has 0 saturated heterocycles. The van der Waals surface area contributed by atoms with Crippen molar-refractivity contribution in [3.63, 3.8) is 0 Å². The van der Waals surface area contributed by atoms with Crippen molar-refractivity contribution in [3.05, 3.63) is 29.9 Å². The molecule has 6 heteroatoms. The van der Waals surface area contributed by atoms with Gasteiger partial charge in [-0.2, -0.15) is 4.98 Å². The summed E-state index contributed by atoms with van der Waals surface area (Å²) < 4.78 is 7.20. The number of imidazole rings is 1. The van der Waals surface area contributed by atoms with E-state index in [9.17, 15) is 0 Å². The van der Waals surface area contributed by atoms with E-state index in [-0.39, 0.29) is 0 Å². The Kier molecular flexibility index (Phi) is 4.46. The van der Waals surface area contributed by atoms with Crippen LogP contribution >= 0.6 is 0 Å². The van der Waals surface area contributed by atoms with E-state index in [0.717, 1.165) is 37.6 Å². The van der Waals surface area contributed by atoms with Gasteiger partial charge in [-0.1, -0.05) is 19.0 Å². The standard InChI is InChI=1S/C12H19N5O/c1-3-5-13-8-11-14-6-7-17(11)9-12-15-10(4-2)16-18-12/h6-7,13H,3-5,8-9H2,1-2H3. The minimum Gasteiger partial charge on any atom is -0.337 e. The molecule has 0 atom stereocenters. The van der Waals surface area contributed by atoms with Gasteiger partial charge in [-0.25, -0.2) is 4.98 Å². The summed E-state index contributed by atoms with van der Waals surface area (Å²) in [5, 5.41) is 7.21. The van der Waals surface area contributed by atoms with Gasteiger partial charge in [0.1, 0.15) is 12.4 Å². The van der Waals surface area contributed by atoms with Crippen molar-refractivity contribution >= 4 is 0 Å². The molecule has 0 aliphatic rings. The van der Waals surface area contributed by atoms with Crippen LogP contribution in [0.25, 0.3) is 0 Å². The molecule has 0 aliphatic heterocycles. The van der Waals surface area contributed by atoms with E-state index < -0.39 is 0 Å². The molecule has 18 heavy (non-hydrogen) atoms. The number of nitrogens with zero attached hydrogens (tertiary/aromatic N) is 4. The summed E-state index contributed by atoms with van der Waals surface area (Å²) in [6.45, 7) is 6.48. The van der Waals surface area contributed by atoms with Crippen LogP contribution in [-0.4, -0.2) is 26.2 Å². The number of nitrogens with one attached hydrogen (secondary N) is 1. The van der Waals surface area contributed by atoms with E-state index in [2.05, 4.69) is 27.4 Å². The third-order valence-corrected chi connectivity index (χ3v) is 2.64. The van der Waals surface area contributed by atoms with E-state index >= 15 is 0 Å². The molecular weight excluding hydrogens is 230 g/mol. The monoisotopic (exact) mass is 249 g/mol. The van der Waals surface area contributed by atoms with Gasteiger partial charge < -0.3 is 14.4 Å². The highest BCUT2D eigenvalue weighted by atomic mass is 16.5. The first-order valence-corrected chi connectivity index (χ1v) is 6.35. The number of aromatic nitrogens is 4. The van der Waals surface area contributed by atoms with Crippen molar-refractivity contribution < 1.29 is 4.52 Å². The normalized spacial score (nSPS) is 11.0. The zero-order valence-corrected chi connectivity index (χ0v) is 10.9. The maximum atomic E-state index is 5.18. The summed E-state index contributed by atoms with van der Waals surface area (Å²) in [6, 6.07) is 0. The van der Waals surface area contributed by atoms with Gasteiger partial charge in [0.15, 0.2) is 5.82 Å². The minimum absolute atomic E-state index is 0.580. The highest BCUT2D eigenvalue weighted by Gasteiger charge is 2.08. The Morgan fingerprint density at radius 3 is 3.00 bits per heavy atom. The number of rotatable bonds is 7. The maximum Gasteiger partial charge on any atom is 0.246 e. The van der Waals surface area contributed by atoms with Crippen molar-refractivity contribution in [1.82, 2.24) is 25.0 Å². The first-order chi connectivity index (χ1) is 8.83. The van der Waals surface area contributed by atoms with E-state index in [1.807, 2.05) is 17.7 Å². The van der Waals surface area contributed by atoms with Crippen molar-refractivity contribution in [2.75, 3.05) is 6.54 Å². The van der Waals surface area contributed by atoms with Gasteiger partial charge in [0.2, 0.25) is 5.89 Å². The Balaban J connectivity index is 1.98. The van der Waals surface area contributed by atoms with Crippen LogP contribution in [-0.2, 0) is 19.5 Å². The smallest absolute Gasteiger partial charge is 0.246 e. The van der Waals surface area contributed by atoms with Crippen LogP contribution in [0.1, 0.15) is 37.8 Å². The molecule has 0 spiro atoms. The molecule has 2 heterocycles. The van der Waals surface area contributed by atoms with Crippen LogP contribution in [0.15, 0.2) is 16.9 Å². The lowest BCUT2D eigenvalue weighted by molar-refractivity contribution is 0.364. The molecule has 2 aromatic heterocycles. The lowest BCUT2D eigenvalue weighted by atomic mass is 10.4. The molecule has 1 N–H and O–H groups in total. The van der Waals surface area contributed by atoms with Crippen LogP contribution in [0.5, 0.6) is 0 Å². The van der Waals surface area contributed by atoms with E-state index in [1.54, 1.807) is 6.20 Å². The summed E-state index contributed by atoms with van der Waals surface area (Å²) in [5.41, 5.74) is 0. The molecule has 0 fully saturated rings. The number of hydrogen-bond acceptors (Lipinski definition) is 5. The summed E-state index contributed by atoms with van der Waals surface area (Å²) >= 11 is 0. The SMILES string of the molecule is CCCNCc1nccn1Cc1nc(CC)no1. The van der Waals surface area contributed by atoms with Gasteiger partial charge in [0, 0.05) is 18.8 Å². The Hall–Kier alpha value is -1.69. The van der Waals surface area contributed by atoms with E-state index in [1.165, 1.54) is 0 Å². The fraction of sp³-hybridized carbons (Fsp3) is 0.583.